The van der Waals surface area contributed by atoms with Crippen LogP contribution in [-0.4, -0.2) is 33.8 Å². The van der Waals surface area contributed by atoms with E-state index in [1.807, 2.05) is 54.6 Å². The van der Waals surface area contributed by atoms with Crippen molar-refractivity contribution in [3.05, 3.63) is 65.2 Å². The van der Waals surface area contributed by atoms with Gasteiger partial charge in [0.1, 0.15) is 5.75 Å². The number of hydrogen-bond acceptors (Lipinski definition) is 6. The number of nitrogens with zero attached hydrogens (tertiary/aromatic N) is 3. The minimum atomic E-state index is 0.483. The lowest BCUT2D eigenvalue weighted by Crippen LogP contribution is -2.00. The number of aromatic nitrogens is 3. The van der Waals surface area contributed by atoms with Crippen LogP contribution in [0.25, 0.3) is 0 Å². The minimum absolute atomic E-state index is 0.483. The summed E-state index contributed by atoms with van der Waals surface area (Å²) in [5.41, 5.74) is 3.74. The molecule has 2 aromatic carbocycles. The second-order valence-corrected chi connectivity index (χ2v) is 6.40. The standard InChI is InChI=1S/C17H16ClN5OS/c18-14-8-6-13(7-9-14)12-19-21-16-20-17(23-22-16)25-11-10-24-15-4-2-1-3-5-15/h1-9,12H,10-11H2,(H2,20,21,22,23)/b19-12-. The highest BCUT2D eigenvalue weighted by atomic mass is 35.5. The largest absolute Gasteiger partial charge is 0.493 e. The number of nitrogens with one attached hydrogen (secondary N) is 2. The van der Waals surface area contributed by atoms with Gasteiger partial charge in [0.2, 0.25) is 11.1 Å². The number of hydrogen-bond donors (Lipinski definition) is 2. The molecule has 0 unspecified atom stereocenters. The van der Waals surface area contributed by atoms with E-state index < -0.39 is 0 Å². The molecule has 8 heteroatoms. The summed E-state index contributed by atoms with van der Waals surface area (Å²) in [6.45, 7) is 0.584. The van der Waals surface area contributed by atoms with E-state index in [1.165, 1.54) is 11.8 Å². The predicted octanol–water partition coefficient (Wildman–Crippen LogP) is 4.08. The highest BCUT2D eigenvalue weighted by molar-refractivity contribution is 7.99. The molecule has 0 saturated carbocycles. The number of rotatable bonds is 8. The second kappa shape index (κ2) is 9.10. The predicted molar refractivity (Wildman–Crippen MR) is 102 cm³/mol. The number of aromatic amines is 1. The summed E-state index contributed by atoms with van der Waals surface area (Å²) in [6, 6.07) is 17.1. The average molecular weight is 374 g/mol. The average Bonchev–Trinajstić information content (AvgIpc) is 3.09. The van der Waals surface area contributed by atoms with E-state index in [0.717, 1.165) is 17.1 Å². The maximum Gasteiger partial charge on any atom is 0.240 e. The van der Waals surface area contributed by atoms with Crippen LogP contribution in [0.1, 0.15) is 5.56 Å². The Morgan fingerprint density at radius 2 is 1.96 bits per heavy atom. The van der Waals surface area contributed by atoms with Crippen LogP contribution in [0.4, 0.5) is 5.95 Å². The number of anilines is 1. The van der Waals surface area contributed by atoms with Gasteiger partial charge >= 0.3 is 0 Å². The van der Waals surface area contributed by atoms with Crippen molar-refractivity contribution < 1.29 is 4.74 Å². The first-order valence-electron chi connectivity index (χ1n) is 7.57. The molecule has 0 bridgehead atoms. The zero-order chi connectivity index (χ0) is 17.3. The maximum atomic E-state index is 5.84. The SMILES string of the molecule is Clc1ccc(/C=N\Nc2nc(SCCOc3ccccc3)n[nH]2)cc1. The lowest BCUT2D eigenvalue weighted by Gasteiger charge is -2.03. The molecule has 0 aliphatic carbocycles. The Kier molecular flexibility index (Phi) is 6.30. The number of benzene rings is 2. The van der Waals surface area contributed by atoms with Crippen LogP contribution in [-0.2, 0) is 0 Å². The Morgan fingerprint density at radius 3 is 2.76 bits per heavy atom. The third-order valence-corrected chi connectivity index (χ3v) is 4.11. The van der Waals surface area contributed by atoms with Gasteiger partial charge in [0.05, 0.1) is 12.8 Å². The molecule has 3 rings (SSSR count). The molecule has 0 amide bonds. The van der Waals surface area contributed by atoms with Gasteiger partial charge in [-0.2, -0.15) is 10.1 Å². The van der Waals surface area contributed by atoms with Crippen LogP contribution in [0.5, 0.6) is 5.75 Å². The van der Waals surface area contributed by atoms with Gasteiger partial charge in [0.25, 0.3) is 0 Å². The first-order valence-corrected chi connectivity index (χ1v) is 8.94. The molecule has 1 heterocycles. The highest BCUT2D eigenvalue weighted by Crippen LogP contribution is 2.15. The normalized spacial score (nSPS) is 10.9. The van der Waals surface area contributed by atoms with Crippen molar-refractivity contribution in [2.75, 3.05) is 17.8 Å². The molecule has 0 aliphatic rings. The molecule has 6 nitrogen and oxygen atoms in total. The fourth-order valence-corrected chi connectivity index (χ4v) is 2.63. The Balaban J connectivity index is 1.40. The summed E-state index contributed by atoms with van der Waals surface area (Å²) in [5, 5.41) is 12.3. The quantitative estimate of drug-likeness (QED) is 0.269. The van der Waals surface area contributed by atoms with E-state index >= 15 is 0 Å². The summed E-state index contributed by atoms with van der Waals surface area (Å²) in [4.78, 5) is 4.29. The van der Waals surface area contributed by atoms with Gasteiger partial charge in [-0.1, -0.05) is 53.7 Å². The number of thioether (sulfide) groups is 1. The zero-order valence-corrected chi connectivity index (χ0v) is 14.8. The van der Waals surface area contributed by atoms with E-state index in [4.69, 9.17) is 16.3 Å². The van der Waals surface area contributed by atoms with Crippen molar-refractivity contribution in [2.24, 2.45) is 5.10 Å². The molecular formula is C17H16ClN5OS. The number of ether oxygens (including phenoxy) is 1. The third-order valence-electron chi connectivity index (χ3n) is 3.05. The minimum Gasteiger partial charge on any atom is -0.493 e. The Morgan fingerprint density at radius 1 is 1.16 bits per heavy atom. The number of halogens is 1. The summed E-state index contributed by atoms with van der Waals surface area (Å²) in [5.74, 6) is 2.09. The van der Waals surface area contributed by atoms with Gasteiger partial charge in [-0.3, -0.25) is 0 Å². The van der Waals surface area contributed by atoms with Crippen molar-refractivity contribution in [1.82, 2.24) is 15.2 Å². The Hall–Kier alpha value is -2.51. The molecule has 128 valence electrons. The molecule has 0 saturated heterocycles. The lowest BCUT2D eigenvalue weighted by atomic mass is 10.2. The first-order chi connectivity index (χ1) is 12.3. The summed E-state index contributed by atoms with van der Waals surface area (Å²) in [6.07, 6.45) is 1.68. The first kappa shape index (κ1) is 17.3. The van der Waals surface area contributed by atoms with Gasteiger partial charge in [-0.25, -0.2) is 10.5 Å². The van der Waals surface area contributed by atoms with E-state index in [9.17, 15) is 0 Å². The second-order valence-electron chi connectivity index (χ2n) is 4.90. The Labute approximate surface area is 154 Å². The van der Waals surface area contributed by atoms with E-state index in [0.29, 0.717) is 22.7 Å². The Bertz CT molecular complexity index is 807. The molecule has 0 radical (unpaired) electrons. The molecule has 3 aromatic rings. The van der Waals surface area contributed by atoms with Crippen LogP contribution in [0.2, 0.25) is 5.02 Å². The van der Waals surface area contributed by atoms with Crippen LogP contribution in [0, 0.1) is 0 Å². The molecule has 0 spiro atoms. The molecule has 2 N–H and O–H groups in total. The molecule has 0 aliphatic heterocycles. The van der Waals surface area contributed by atoms with Gasteiger partial charge < -0.3 is 4.74 Å². The van der Waals surface area contributed by atoms with E-state index in [1.54, 1.807) is 6.21 Å². The van der Waals surface area contributed by atoms with Gasteiger partial charge in [0, 0.05) is 10.8 Å². The number of hydrazone groups is 1. The van der Waals surface area contributed by atoms with Crippen LogP contribution in [0.3, 0.4) is 0 Å². The zero-order valence-electron chi connectivity index (χ0n) is 13.2. The molecule has 0 atom stereocenters. The third kappa shape index (κ3) is 5.81. The molecular weight excluding hydrogens is 358 g/mol. The summed E-state index contributed by atoms with van der Waals surface area (Å²) in [7, 11) is 0. The van der Waals surface area contributed by atoms with Crippen LogP contribution >= 0.6 is 23.4 Å². The van der Waals surface area contributed by atoms with Gasteiger partial charge in [-0.05, 0) is 29.8 Å². The van der Waals surface area contributed by atoms with Crippen LogP contribution < -0.4 is 10.2 Å². The van der Waals surface area contributed by atoms with Crippen molar-refractivity contribution in [3.8, 4) is 5.75 Å². The highest BCUT2D eigenvalue weighted by Gasteiger charge is 2.03. The summed E-state index contributed by atoms with van der Waals surface area (Å²) < 4.78 is 5.62. The lowest BCUT2D eigenvalue weighted by molar-refractivity contribution is 0.344. The van der Waals surface area contributed by atoms with E-state index in [2.05, 4.69) is 25.7 Å². The van der Waals surface area contributed by atoms with Crippen LogP contribution in [0.15, 0.2) is 64.9 Å². The van der Waals surface area contributed by atoms with Crippen molar-refractivity contribution >= 4 is 35.5 Å². The van der Waals surface area contributed by atoms with Gasteiger partial charge in [-0.15, -0.1) is 5.10 Å². The monoisotopic (exact) mass is 373 g/mol. The smallest absolute Gasteiger partial charge is 0.240 e. The molecule has 0 fully saturated rings. The van der Waals surface area contributed by atoms with E-state index in [-0.39, 0.29) is 0 Å². The number of H-pyrrole nitrogens is 1. The molecule has 1 aromatic heterocycles. The van der Waals surface area contributed by atoms with Crippen molar-refractivity contribution in [2.45, 2.75) is 5.16 Å². The fraction of sp³-hybridized carbons (Fsp3) is 0.118. The van der Waals surface area contributed by atoms with Gasteiger partial charge in [0.15, 0.2) is 0 Å². The maximum absolute atomic E-state index is 5.84. The van der Waals surface area contributed by atoms with Crippen molar-refractivity contribution in [3.63, 3.8) is 0 Å². The topological polar surface area (TPSA) is 75.2 Å². The number of para-hydroxylation sites is 1. The fourth-order valence-electron chi connectivity index (χ4n) is 1.89. The van der Waals surface area contributed by atoms with Crippen molar-refractivity contribution in [1.29, 1.82) is 0 Å². The molecule has 25 heavy (non-hydrogen) atoms. The summed E-state index contributed by atoms with van der Waals surface area (Å²) >= 11 is 7.34.